The smallest absolute Gasteiger partial charge is 0.172 e. The van der Waals surface area contributed by atoms with Crippen LogP contribution in [0.1, 0.15) is 31.6 Å². The number of hydrogen-bond acceptors (Lipinski definition) is 2. The summed E-state index contributed by atoms with van der Waals surface area (Å²) in [4.78, 5) is 0. The van der Waals surface area contributed by atoms with Gasteiger partial charge in [-0.05, 0) is 24.6 Å². The minimum Gasteiger partial charge on any atom is -0.456 e. The highest BCUT2D eigenvalue weighted by Gasteiger charge is 2.16. The standard InChI is InChI=1S/C12H13F2NO/c1-2-3-10(15)11-6-7-8(13)4-5-9(14)12(7)16-11/h4-6,10H,2-3,15H2,1H3. The molecular formula is C12H13F2NO. The van der Waals surface area contributed by atoms with Crippen molar-refractivity contribution in [1.29, 1.82) is 0 Å². The van der Waals surface area contributed by atoms with E-state index in [-0.39, 0.29) is 17.0 Å². The normalized spacial score (nSPS) is 13.2. The molecule has 2 N–H and O–H groups in total. The first kappa shape index (κ1) is 11.1. The molecule has 86 valence electrons. The van der Waals surface area contributed by atoms with Crippen LogP contribution in [0.2, 0.25) is 0 Å². The molecule has 1 atom stereocenters. The van der Waals surface area contributed by atoms with E-state index in [0.29, 0.717) is 5.76 Å². The Morgan fingerprint density at radius 3 is 2.62 bits per heavy atom. The number of halogens is 2. The second-order valence-corrected chi connectivity index (χ2v) is 3.82. The number of benzene rings is 1. The van der Waals surface area contributed by atoms with Gasteiger partial charge >= 0.3 is 0 Å². The Morgan fingerprint density at radius 1 is 1.31 bits per heavy atom. The summed E-state index contributed by atoms with van der Waals surface area (Å²) in [6.07, 6.45) is 1.62. The first-order chi connectivity index (χ1) is 7.63. The predicted octanol–water partition coefficient (Wildman–Crippen LogP) is 3.51. The Balaban J connectivity index is 2.51. The number of hydrogen-bond donors (Lipinski definition) is 1. The summed E-state index contributed by atoms with van der Waals surface area (Å²) in [5, 5.41) is 0.154. The summed E-state index contributed by atoms with van der Waals surface area (Å²) in [6.45, 7) is 1.99. The maximum atomic E-state index is 13.4. The number of rotatable bonds is 3. The number of furan rings is 1. The molecule has 0 aliphatic rings. The fourth-order valence-corrected chi connectivity index (χ4v) is 1.71. The molecule has 4 heteroatoms. The van der Waals surface area contributed by atoms with Crippen LogP contribution in [0.25, 0.3) is 11.0 Å². The van der Waals surface area contributed by atoms with Crippen molar-refractivity contribution in [2.45, 2.75) is 25.8 Å². The van der Waals surface area contributed by atoms with Crippen molar-refractivity contribution >= 4 is 11.0 Å². The van der Waals surface area contributed by atoms with Crippen molar-refractivity contribution < 1.29 is 13.2 Å². The lowest BCUT2D eigenvalue weighted by atomic mass is 10.1. The zero-order chi connectivity index (χ0) is 11.7. The van der Waals surface area contributed by atoms with E-state index in [1.165, 1.54) is 6.07 Å². The van der Waals surface area contributed by atoms with E-state index in [1.54, 1.807) is 0 Å². The minimum atomic E-state index is -0.564. The van der Waals surface area contributed by atoms with Crippen LogP contribution in [-0.2, 0) is 0 Å². The monoisotopic (exact) mass is 225 g/mol. The Kier molecular flexibility index (Phi) is 2.92. The van der Waals surface area contributed by atoms with E-state index in [0.717, 1.165) is 25.0 Å². The van der Waals surface area contributed by atoms with Crippen LogP contribution < -0.4 is 5.73 Å². The second kappa shape index (κ2) is 4.22. The highest BCUT2D eigenvalue weighted by Crippen LogP contribution is 2.28. The lowest BCUT2D eigenvalue weighted by Gasteiger charge is -2.04. The van der Waals surface area contributed by atoms with E-state index in [1.807, 2.05) is 6.92 Å². The van der Waals surface area contributed by atoms with Crippen LogP contribution in [0.15, 0.2) is 22.6 Å². The van der Waals surface area contributed by atoms with Crippen molar-refractivity contribution in [2.75, 3.05) is 0 Å². The molecule has 0 radical (unpaired) electrons. The van der Waals surface area contributed by atoms with Gasteiger partial charge < -0.3 is 10.2 Å². The van der Waals surface area contributed by atoms with Gasteiger partial charge in [0.2, 0.25) is 0 Å². The molecule has 0 spiro atoms. The van der Waals surface area contributed by atoms with E-state index >= 15 is 0 Å². The van der Waals surface area contributed by atoms with Crippen LogP contribution in [-0.4, -0.2) is 0 Å². The van der Waals surface area contributed by atoms with Crippen molar-refractivity contribution in [3.05, 3.63) is 35.6 Å². The molecule has 1 aromatic carbocycles. The molecule has 0 bridgehead atoms. The Labute approximate surface area is 92.0 Å². The first-order valence-electron chi connectivity index (χ1n) is 5.26. The molecule has 2 nitrogen and oxygen atoms in total. The molecule has 16 heavy (non-hydrogen) atoms. The zero-order valence-corrected chi connectivity index (χ0v) is 8.97. The molecule has 0 fully saturated rings. The lowest BCUT2D eigenvalue weighted by molar-refractivity contribution is 0.462. The lowest BCUT2D eigenvalue weighted by Crippen LogP contribution is -2.08. The first-order valence-corrected chi connectivity index (χ1v) is 5.26. The quantitative estimate of drug-likeness (QED) is 0.868. The predicted molar refractivity (Wildman–Crippen MR) is 58.0 cm³/mol. The molecule has 1 unspecified atom stereocenters. The second-order valence-electron chi connectivity index (χ2n) is 3.82. The highest BCUT2D eigenvalue weighted by atomic mass is 19.1. The van der Waals surface area contributed by atoms with E-state index in [4.69, 9.17) is 10.2 Å². The molecule has 1 heterocycles. The summed E-state index contributed by atoms with van der Waals surface area (Å²) < 4.78 is 31.9. The third kappa shape index (κ3) is 1.80. The molecule has 1 aromatic heterocycles. The average Bonchev–Trinajstić information content (AvgIpc) is 2.70. The van der Waals surface area contributed by atoms with E-state index < -0.39 is 11.6 Å². The SMILES string of the molecule is CCCC(N)c1cc2c(F)ccc(F)c2o1. The maximum absolute atomic E-state index is 13.4. The molecule has 2 rings (SSSR count). The fourth-order valence-electron chi connectivity index (χ4n) is 1.71. The fraction of sp³-hybridized carbons (Fsp3) is 0.333. The van der Waals surface area contributed by atoms with Gasteiger partial charge in [-0.2, -0.15) is 0 Å². The third-order valence-corrected chi connectivity index (χ3v) is 2.57. The third-order valence-electron chi connectivity index (χ3n) is 2.57. The molecule has 2 aromatic rings. The van der Waals surface area contributed by atoms with Gasteiger partial charge in [-0.3, -0.25) is 0 Å². The van der Waals surface area contributed by atoms with Crippen molar-refractivity contribution in [1.82, 2.24) is 0 Å². The van der Waals surface area contributed by atoms with Gasteiger partial charge in [-0.25, -0.2) is 8.78 Å². The van der Waals surface area contributed by atoms with E-state index in [9.17, 15) is 8.78 Å². The van der Waals surface area contributed by atoms with Gasteiger partial charge in [-0.15, -0.1) is 0 Å². The zero-order valence-electron chi connectivity index (χ0n) is 8.97. The summed E-state index contributed by atoms with van der Waals surface area (Å²) in [6, 6.07) is 3.31. The molecule has 0 amide bonds. The highest BCUT2D eigenvalue weighted by molar-refractivity contribution is 5.79. The van der Waals surface area contributed by atoms with Crippen LogP contribution in [0.3, 0.4) is 0 Å². The van der Waals surface area contributed by atoms with Gasteiger partial charge in [-0.1, -0.05) is 13.3 Å². The van der Waals surface area contributed by atoms with Crippen molar-refractivity contribution in [2.24, 2.45) is 5.73 Å². The molecule has 0 aliphatic heterocycles. The van der Waals surface area contributed by atoms with Gasteiger partial charge in [0.05, 0.1) is 11.4 Å². The van der Waals surface area contributed by atoms with Gasteiger partial charge in [0, 0.05) is 0 Å². The summed E-state index contributed by atoms with van der Waals surface area (Å²) in [5.41, 5.74) is 5.78. The summed E-state index contributed by atoms with van der Waals surface area (Å²) in [5.74, 6) is -0.623. The van der Waals surface area contributed by atoms with Gasteiger partial charge in [0.1, 0.15) is 11.6 Å². The summed E-state index contributed by atoms with van der Waals surface area (Å²) in [7, 11) is 0. The number of nitrogens with two attached hydrogens (primary N) is 1. The Hall–Kier alpha value is -1.42. The van der Waals surface area contributed by atoms with E-state index in [2.05, 4.69) is 0 Å². The van der Waals surface area contributed by atoms with Crippen LogP contribution in [0, 0.1) is 11.6 Å². The largest absolute Gasteiger partial charge is 0.456 e. The number of fused-ring (bicyclic) bond motifs is 1. The van der Waals surface area contributed by atoms with Gasteiger partial charge in [0.15, 0.2) is 11.4 Å². The van der Waals surface area contributed by atoms with Crippen molar-refractivity contribution in [3.8, 4) is 0 Å². The molecule has 0 saturated carbocycles. The Bertz CT molecular complexity index is 468. The van der Waals surface area contributed by atoms with Crippen molar-refractivity contribution in [3.63, 3.8) is 0 Å². The minimum absolute atomic E-state index is 0.0541. The Morgan fingerprint density at radius 2 is 2.00 bits per heavy atom. The molecule has 0 saturated heterocycles. The maximum Gasteiger partial charge on any atom is 0.172 e. The average molecular weight is 225 g/mol. The van der Waals surface area contributed by atoms with Crippen LogP contribution in [0.5, 0.6) is 0 Å². The topological polar surface area (TPSA) is 39.2 Å². The van der Waals surface area contributed by atoms with Crippen LogP contribution in [0.4, 0.5) is 8.78 Å². The molecule has 0 aliphatic carbocycles. The summed E-state index contributed by atoms with van der Waals surface area (Å²) >= 11 is 0. The van der Waals surface area contributed by atoms with Crippen LogP contribution >= 0.6 is 0 Å². The van der Waals surface area contributed by atoms with Gasteiger partial charge in [0.25, 0.3) is 0 Å². The molecular weight excluding hydrogens is 212 g/mol.